The normalized spacial score (nSPS) is 27.2. The maximum Gasteiger partial charge on any atom is 0.283 e. The second-order valence-electron chi connectivity index (χ2n) is 7.22. The number of rotatable bonds is 1. The molecule has 2 aromatic rings. The maximum absolute atomic E-state index is 13.8. The Bertz CT molecular complexity index is 911. The molecule has 3 heterocycles. The minimum Gasteiger partial charge on any atom is -0.493 e. The summed E-state index contributed by atoms with van der Waals surface area (Å²) in [4.78, 5) is 12.6. The molecule has 1 aromatic carbocycles. The molecule has 1 aliphatic carbocycles. The summed E-state index contributed by atoms with van der Waals surface area (Å²) in [5.41, 5.74) is 6.41. The number of nitrogens with two attached hydrogens (primary N) is 1. The quantitative estimate of drug-likeness (QED) is 0.847. The summed E-state index contributed by atoms with van der Waals surface area (Å²) in [7, 11) is 0. The average Bonchev–Trinajstić information content (AvgIpc) is 3.00. The highest BCUT2D eigenvalue weighted by Gasteiger charge is 2.70. The lowest BCUT2D eigenvalue weighted by atomic mass is 9.53. The van der Waals surface area contributed by atoms with Crippen molar-refractivity contribution < 1.29 is 18.3 Å². The number of hydrogen-bond donors (Lipinski definition) is 1. The molecule has 5 rings (SSSR count). The van der Waals surface area contributed by atoms with Crippen LogP contribution in [-0.4, -0.2) is 35.1 Å². The summed E-state index contributed by atoms with van der Waals surface area (Å²) < 4.78 is 39.0. The molecule has 0 saturated heterocycles. The van der Waals surface area contributed by atoms with E-state index in [2.05, 4.69) is 15.0 Å². The predicted octanol–water partition coefficient (Wildman–Crippen LogP) is 2.49. The van der Waals surface area contributed by atoms with Crippen molar-refractivity contribution in [2.75, 3.05) is 13.2 Å². The van der Waals surface area contributed by atoms with E-state index in [0.29, 0.717) is 5.75 Å². The lowest BCUT2D eigenvalue weighted by Gasteiger charge is -2.57. The number of ether oxygens (including phenoxy) is 2. The van der Waals surface area contributed by atoms with Gasteiger partial charge in [-0.05, 0) is 17.7 Å². The number of halogens is 2. The number of aliphatic imine (C=N–C) groups is 1. The van der Waals surface area contributed by atoms with Gasteiger partial charge in [-0.3, -0.25) is 0 Å². The third-order valence-corrected chi connectivity index (χ3v) is 5.62. The van der Waals surface area contributed by atoms with Gasteiger partial charge in [-0.15, -0.1) is 0 Å². The molecule has 0 amide bonds. The summed E-state index contributed by atoms with van der Waals surface area (Å²) in [5.74, 6) is -2.10. The van der Waals surface area contributed by atoms with E-state index >= 15 is 0 Å². The molecule has 1 saturated carbocycles. The summed E-state index contributed by atoms with van der Waals surface area (Å²) in [6.45, 7) is 0.309. The fraction of sp³-hybridized carbons (Fsp3) is 0.389. The van der Waals surface area contributed by atoms with Crippen molar-refractivity contribution >= 4 is 6.02 Å². The monoisotopic (exact) mass is 358 g/mol. The van der Waals surface area contributed by atoms with E-state index in [9.17, 15) is 8.78 Å². The molecule has 8 heteroatoms. The largest absolute Gasteiger partial charge is 0.493 e. The van der Waals surface area contributed by atoms with E-state index < -0.39 is 16.9 Å². The molecule has 2 spiro atoms. The lowest BCUT2D eigenvalue weighted by Crippen LogP contribution is -2.63. The van der Waals surface area contributed by atoms with Crippen molar-refractivity contribution in [3.05, 3.63) is 42.5 Å². The molecule has 1 unspecified atom stereocenters. The summed E-state index contributed by atoms with van der Waals surface area (Å²) in [6, 6.07) is 5.65. The number of fused-ring (bicyclic) bond motifs is 3. The topological polar surface area (TPSA) is 82.6 Å². The van der Waals surface area contributed by atoms with Crippen molar-refractivity contribution in [3.8, 4) is 16.9 Å². The van der Waals surface area contributed by atoms with Gasteiger partial charge in [-0.1, -0.05) is 6.07 Å². The van der Waals surface area contributed by atoms with Gasteiger partial charge in [-0.2, -0.15) is 0 Å². The Morgan fingerprint density at radius 3 is 2.42 bits per heavy atom. The summed E-state index contributed by atoms with van der Waals surface area (Å²) in [6.07, 6.45) is 4.26. The Labute approximate surface area is 148 Å². The lowest BCUT2D eigenvalue weighted by molar-refractivity contribution is -0.210. The van der Waals surface area contributed by atoms with Crippen LogP contribution in [0.15, 0.2) is 41.9 Å². The van der Waals surface area contributed by atoms with Crippen LogP contribution in [0.4, 0.5) is 8.78 Å². The second-order valence-corrected chi connectivity index (χ2v) is 7.22. The molecule has 0 bridgehead atoms. The van der Waals surface area contributed by atoms with Crippen LogP contribution < -0.4 is 10.5 Å². The first-order valence-corrected chi connectivity index (χ1v) is 8.32. The van der Waals surface area contributed by atoms with Crippen molar-refractivity contribution in [1.29, 1.82) is 0 Å². The van der Waals surface area contributed by atoms with Gasteiger partial charge in [0.1, 0.15) is 24.2 Å². The van der Waals surface area contributed by atoms with Crippen LogP contribution in [-0.2, 0) is 10.3 Å². The zero-order valence-electron chi connectivity index (χ0n) is 13.8. The highest BCUT2D eigenvalue weighted by molar-refractivity contribution is 5.76. The number of amidine groups is 1. The molecular weight excluding hydrogens is 342 g/mol. The Kier molecular flexibility index (Phi) is 2.92. The fourth-order valence-corrected chi connectivity index (χ4v) is 4.40. The van der Waals surface area contributed by atoms with E-state index in [1.807, 2.05) is 18.2 Å². The fourth-order valence-electron chi connectivity index (χ4n) is 4.40. The van der Waals surface area contributed by atoms with Gasteiger partial charge in [0.2, 0.25) is 5.92 Å². The van der Waals surface area contributed by atoms with Gasteiger partial charge in [0.25, 0.3) is 6.02 Å². The van der Waals surface area contributed by atoms with Crippen molar-refractivity contribution in [1.82, 2.24) is 9.97 Å². The SMILES string of the molecule is NC1=NC2(CO1)c1cc(-c3cncnc3)ccc1OCC21CC(F)(F)C1. The standard InChI is InChI=1S/C18H16F2N4O2/c19-17(20)6-16(7-17)8-25-14-2-1-11(12-4-22-10-23-5-12)3-13(14)18(16)9-26-15(21)24-18/h1-5,10H,6-9H2,(H2,21,24). The van der Waals surface area contributed by atoms with E-state index in [4.69, 9.17) is 15.2 Å². The van der Waals surface area contributed by atoms with E-state index in [1.165, 1.54) is 6.33 Å². The molecule has 0 radical (unpaired) electrons. The molecule has 6 nitrogen and oxygen atoms in total. The van der Waals surface area contributed by atoms with Gasteiger partial charge in [0, 0.05) is 41.8 Å². The third-order valence-electron chi connectivity index (χ3n) is 5.62. The second kappa shape index (κ2) is 4.90. The average molecular weight is 358 g/mol. The number of hydrogen-bond acceptors (Lipinski definition) is 6. The van der Waals surface area contributed by atoms with Crippen molar-refractivity contribution in [2.24, 2.45) is 16.1 Å². The zero-order chi connectivity index (χ0) is 18.0. The molecule has 1 atom stereocenters. The zero-order valence-corrected chi connectivity index (χ0v) is 13.8. The van der Waals surface area contributed by atoms with E-state index in [0.717, 1.165) is 16.7 Å². The van der Waals surface area contributed by atoms with E-state index in [1.54, 1.807) is 12.4 Å². The molecule has 134 valence electrons. The van der Waals surface area contributed by atoms with Gasteiger partial charge in [-0.25, -0.2) is 23.7 Å². The first-order chi connectivity index (χ1) is 12.4. The van der Waals surface area contributed by atoms with Gasteiger partial charge < -0.3 is 15.2 Å². The minimum absolute atomic E-state index is 0.0286. The predicted molar refractivity (Wildman–Crippen MR) is 88.8 cm³/mol. The van der Waals surface area contributed by atoms with Crippen LogP contribution in [0, 0.1) is 5.41 Å². The maximum atomic E-state index is 13.8. The first-order valence-electron chi connectivity index (χ1n) is 8.32. The van der Waals surface area contributed by atoms with Crippen LogP contribution in [0.2, 0.25) is 0 Å². The molecule has 1 fully saturated rings. The van der Waals surface area contributed by atoms with Crippen LogP contribution in [0.1, 0.15) is 18.4 Å². The molecule has 2 aliphatic heterocycles. The molecule has 26 heavy (non-hydrogen) atoms. The Hall–Kier alpha value is -2.77. The van der Waals surface area contributed by atoms with Crippen LogP contribution in [0.5, 0.6) is 5.75 Å². The molecule has 1 aromatic heterocycles. The Morgan fingerprint density at radius 2 is 1.77 bits per heavy atom. The Morgan fingerprint density at radius 1 is 1.00 bits per heavy atom. The highest BCUT2D eigenvalue weighted by Crippen LogP contribution is 2.66. The van der Waals surface area contributed by atoms with Gasteiger partial charge in [0.15, 0.2) is 0 Å². The summed E-state index contributed by atoms with van der Waals surface area (Å²) >= 11 is 0. The van der Waals surface area contributed by atoms with Crippen LogP contribution in [0.3, 0.4) is 0 Å². The Balaban J connectivity index is 1.68. The summed E-state index contributed by atoms with van der Waals surface area (Å²) in [5, 5.41) is 0. The number of alkyl halides is 2. The van der Waals surface area contributed by atoms with Crippen molar-refractivity contribution in [3.63, 3.8) is 0 Å². The molecule has 2 N–H and O–H groups in total. The van der Waals surface area contributed by atoms with Crippen LogP contribution in [0.25, 0.3) is 11.1 Å². The number of aromatic nitrogens is 2. The van der Waals surface area contributed by atoms with Crippen molar-refractivity contribution in [2.45, 2.75) is 24.3 Å². The van der Waals surface area contributed by atoms with Crippen LogP contribution >= 0.6 is 0 Å². The number of benzene rings is 1. The first kappa shape index (κ1) is 15.5. The van der Waals surface area contributed by atoms with Gasteiger partial charge >= 0.3 is 0 Å². The van der Waals surface area contributed by atoms with E-state index in [-0.39, 0.29) is 32.1 Å². The molecule has 3 aliphatic rings. The van der Waals surface area contributed by atoms with Gasteiger partial charge in [0.05, 0.1) is 6.61 Å². The highest BCUT2D eigenvalue weighted by atomic mass is 19.3. The molecular formula is C18H16F2N4O2. The third kappa shape index (κ3) is 1.98. The number of nitrogens with zero attached hydrogens (tertiary/aromatic N) is 3. The minimum atomic E-state index is -2.72. The smallest absolute Gasteiger partial charge is 0.283 e.